The van der Waals surface area contributed by atoms with Crippen LogP contribution in [0.1, 0.15) is 37.3 Å². The second-order valence-corrected chi connectivity index (χ2v) is 6.81. The van der Waals surface area contributed by atoms with Crippen molar-refractivity contribution in [1.82, 2.24) is 14.8 Å². The Hall–Kier alpha value is -2.03. The van der Waals surface area contributed by atoms with Gasteiger partial charge in [0.25, 0.3) is 0 Å². The van der Waals surface area contributed by atoms with Crippen LogP contribution in [0, 0.1) is 0 Å². The Bertz CT molecular complexity index is 724. The maximum Gasteiger partial charge on any atom is 0.417 e. The number of nitrogens with one attached hydrogen (secondary N) is 1. The first kappa shape index (κ1) is 17.8. The molecule has 1 aliphatic carbocycles. The fourth-order valence-electron chi connectivity index (χ4n) is 2.80. The standard InChI is InChI=1S/C16H17F3N4OS/c17-16(18,19)11-5-6-15(20-9-11)25-10-14(24)22-13-7-8-21-23(13)12-3-1-2-4-12/h5-9,12H,1-4,10H2,(H,22,24). The first-order valence-corrected chi connectivity index (χ1v) is 8.91. The zero-order chi connectivity index (χ0) is 17.9. The van der Waals surface area contributed by atoms with Crippen LogP contribution in [0.15, 0.2) is 35.6 Å². The van der Waals surface area contributed by atoms with Crippen LogP contribution >= 0.6 is 11.8 Å². The number of carbonyl (C=O) groups is 1. The van der Waals surface area contributed by atoms with E-state index in [0.717, 1.165) is 49.7 Å². The molecule has 0 aliphatic heterocycles. The highest BCUT2D eigenvalue weighted by atomic mass is 32.2. The van der Waals surface area contributed by atoms with Gasteiger partial charge in [-0.05, 0) is 25.0 Å². The van der Waals surface area contributed by atoms with E-state index < -0.39 is 11.7 Å². The highest BCUT2D eigenvalue weighted by Gasteiger charge is 2.30. The molecule has 2 aromatic heterocycles. The summed E-state index contributed by atoms with van der Waals surface area (Å²) in [6.45, 7) is 0. The van der Waals surface area contributed by atoms with Gasteiger partial charge in [-0.25, -0.2) is 9.67 Å². The minimum absolute atomic E-state index is 0.0637. The summed E-state index contributed by atoms with van der Waals surface area (Å²) in [5.41, 5.74) is -0.804. The number of anilines is 1. The summed E-state index contributed by atoms with van der Waals surface area (Å²) in [6.07, 6.45) is 2.43. The molecule has 0 atom stereocenters. The van der Waals surface area contributed by atoms with Crippen molar-refractivity contribution in [3.05, 3.63) is 36.2 Å². The van der Waals surface area contributed by atoms with Crippen molar-refractivity contribution in [1.29, 1.82) is 0 Å². The number of rotatable bonds is 5. The number of carbonyl (C=O) groups excluding carboxylic acids is 1. The SMILES string of the molecule is O=C(CSc1ccc(C(F)(F)F)cn1)Nc1ccnn1C1CCCC1. The number of pyridine rings is 1. The molecule has 1 saturated carbocycles. The summed E-state index contributed by atoms with van der Waals surface area (Å²) in [5.74, 6) is 0.470. The Morgan fingerprint density at radius 2 is 2.04 bits per heavy atom. The molecule has 2 aromatic rings. The lowest BCUT2D eigenvalue weighted by Gasteiger charge is -2.14. The molecule has 2 heterocycles. The predicted octanol–water partition coefficient (Wildman–Crippen LogP) is 4.14. The Morgan fingerprint density at radius 1 is 1.28 bits per heavy atom. The van der Waals surface area contributed by atoms with Crippen molar-refractivity contribution < 1.29 is 18.0 Å². The lowest BCUT2D eigenvalue weighted by atomic mass is 10.2. The molecular weight excluding hydrogens is 353 g/mol. The Kier molecular flexibility index (Phi) is 5.31. The second-order valence-electron chi connectivity index (χ2n) is 5.82. The number of halogens is 3. The van der Waals surface area contributed by atoms with E-state index in [4.69, 9.17) is 0 Å². The van der Waals surface area contributed by atoms with E-state index in [2.05, 4.69) is 15.4 Å². The lowest BCUT2D eigenvalue weighted by Crippen LogP contribution is -2.19. The van der Waals surface area contributed by atoms with Gasteiger partial charge in [-0.2, -0.15) is 18.3 Å². The van der Waals surface area contributed by atoms with Gasteiger partial charge in [-0.1, -0.05) is 24.6 Å². The monoisotopic (exact) mass is 370 g/mol. The molecule has 0 aromatic carbocycles. The smallest absolute Gasteiger partial charge is 0.310 e. The van der Waals surface area contributed by atoms with Gasteiger partial charge in [-0.3, -0.25) is 4.79 Å². The zero-order valence-electron chi connectivity index (χ0n) is 13.3. The molecule has 0 spiro atoms. The summed E-state index contributed by atoms with van der Waals surface area (Å²) in [5, 5.41) is 7.45. The maximum atomic E-state index is 12.5. The van der Waals surface area contributed by atoms with Crippen LogP contribution in [-0.2, 0) is 11.0 Å². The van der Waals surface area contributed by atoms with Crippen molar-refractivity contribution in [2.75, 3.05) is 11.1 Å². The number of hydrogen-bond acceptors (Lipinski definition) is 4. The molecule has 3 rings (SSSR count). The van der Waals surface area contributed by atoms with Crippen molar-refractivity contribution >= 4 is 23.5 Å². The number of hydrogen-bond donors (Lipinski definition) is 1. The summed E-state index contributed by atoms with van der Waals surface area (Å²) in [6, 6.07) is 4.29. The van der Waals surface area contributed by atoms with E-state index in [9.17, 15) is 18.0 Å². The third-order valence-electron chi connectivity index (χ3n) is 4.02. The quantitative estimate of drug-likeness (QED) is 0.804. The Balaban J connectivity index is 1.54. The van der Waals surface area contributed by atoms with Gasteiger partial charge in [0.05, 0.1) is 28.6 Å². The average molecular weight is 370 g/mol. The molecule has 0 bridgehead atoms. The zero-order valence-corrected chi connectivity index (χ0v) is 14.1. The van der Waals surface area contributed by atoms with Crippen LogP contribution in [0.5, 0.6) is 0 Å². The highest BCUT2D eigenvalue weighted by molar-refractivity contribution is 7.99. The van der Waals surface area contributed by atoms with E-state index >= 15 is 0 Å². The first-order chi connectivity index (χ1) is 11.9. The summed E-state index contributed by atoms with van der Waals surface area (Å²) in [4.78, 5) is 15.8. The number of alkyl halides is 3. The molecule has 9 heteroatoms. The summed E-state index contributed by atoms with van der Waals surface area (Å²) >= 11 is 1.09. The molecule has 1 amide bonds. The van der Waals surface area contributed by atoms with Crippen LogP contribution in [0.25, 0.3) is 0 Å². The molecule has 1 N–H and O–H groups in total. The van der Waals surface area contributed by atoms with Crippen molar-refractivity contribution in [2.24, 2.45) is 0 Å². The van der Waals surface area contributed by atoms with E-state index in [-0.39, 0.29) is 11.7 Å². The number of amides is 1. The van der Waals surface area contributed by atoms with Crippen molar-refractivity contribution in [2.45, 2.75) is 42.9 Å². The Labute approximate surface area is 147 Å². The van der Waals surface area contributed by atoms with E-state index in [1.807, 2.05) is 4.68 Å². The predicted molar refractivity (Wildman–Crippen MR) is 88.3 cm³/mol. The molecule has 25 heavy (non-hydrogen) atoms. The van der Waals surface area contributed by atoms with Gasteiger partial charge in [0.15, 0.2) is 0 Å². The van der Waals surface area contributed by atoms with Crippen LogP contribution in [-0.4, -0.2) is 26.4 Å². The molecule has 1 aliphatic rings. The number of nitrogens with zero attached hydrogens (tertiary/aromatic N) is 3. The number of thioether (sulfide) groups is 1. The van der Waals surface area contributed by atoms with Crippen LogP contribution in [0.4, 0.5) is 19.0 Å². The molecule has 134 valence electrons. The third-order valence-corrected chi connectivity index (χ3v) is 4.97. The normalized spacial score (nSPS) is 15.5. The van der Waals surface area contributed by atoms with Crippen LogP contribution in [0.3, 0.4) is 0 Å². The third kappa shape index (κ3) is 4.53. The summed E-state index contributed by atoms with van der Waals surface area (Å²) in [7, 11) is 0. The molecular formula is C16H17F3N4OS. The fourth-order valence-corrected chi connectivity index (χ4v) is 3.45. The van der Waals surface area contributed by atoms with Gasteiger partial charge < -0.3 is 5.32 Å². The van der Waals surface area contributed by atoms with E-state index in [0.29, 0.717) is 16.9 Å². The number of aromatic nitrogens is 3. The van der Waals surface area contributed by atoms with Gasteiger partial charge in [0, 0.05) is 12.3 Å². The lowest BCUT2D eigenvalue weighted by molar-refractivity contribution is -0.137. The highest BCUT2D eigenvalue weighted by Crippen LogP contribution is 2.31. The topological polar surface area (TPSA) is 59.8 Å². The van der Waals surface area contributed by atoms with Gasteiger partial charge >= 0.3 is 6.18 Å². The van der Waals surface area contributed by atoms with E-state index in [1.54, 1.807) is 12.3 Å². The largest absolute Gasteiger partial charge is 0.417 e. The van der Waals surface area contributed by atoms with Crippen LogP contribution < -0.4 is 5.32 Å². The first-order valence-electron chi connectivity index (χ1n) is 7.93. The molecule has 1 fully saturated rings. The minimum atomic E-state index is -4.41. The van der Waals surface area contributed by atoms with Crippen molar-refractivity contribution in [3.63, 3.8) is 0 Å². The molecule has 0 saturated heterocycles. The Morgan fingerprint density at radius 3 is 2.68 bits per heavy atom. The van der Waals surface area contributed by atoms with Gasteiger partial charge in [0.2, 0.25) is 5.91 Å². The molecule has 0 radical (unpaired) electrons. The second kappa shape index (κ2) is 7.47. The minimum Gasteiger partial charge on any atom is -0.310 e. The fraction of sp³-hybridized carbons (Fsp3) is 0.438. The van der Waals surface area contributed by atoms with Crippen molar-refractivity contribution in [3.8, 4) is 0 Å². The summed E-state index contributed by atoms with van der Waals surface area (Å²) < 4.78 is 39.3. The van der Waals surface area contributed by atoms with Gasteiger partial charge in [0.1, 0.15) is 5.82 Å². The van der Waals surface area contributed by atoms with Crippen LogP contribution in [0.2, 0.25) is 0 Å². The average Bonchev–Trinajstić information content (AvgIpc) is 3.23. The molecule has 5 nitrogen and oxygen atoms in total. The molecule has 0 unspecified atom stereocenters. The van der Waals surface area contributed by atoms with E-state index in [1.165, 1.54) is 6.07 Å². The maximum absolute atomic E-state index is 12.5. The van der Waals surface area contributed by atoms with Gasteiger partial charge in [-0.15, -0.1) is 0 Å².